The van der Waals surface area contributed by atoms with Gasteiger partial charge in [-0.25, -0.2) is 8.42 Å². The van der Waals surface area contributed by atoms with Crippen molar-refractivity contribution in [2.75, 3.05) is 10.6 Å². The highest BCUT2D eigenvalue weighted by molar-refractivity contribution is 7.92. The molecule has 0 aliphatic heterocycles. The minimum absolute atomic E-state index is 0.198. The van der Waals surface area contributed by atoms with Crippen LogP contribution in [0.25, 0.3) is 0 Å². The lowest BCUT2D eigenvalue weighted by molar-refractivity contribution is -0.123. The number of nitrogens with zero attached hydrogens (tertiary/aromatic N) is 1. The van der Waals surface area contributed by atoms with E-state index in [4.69, 9.17) is 11.6 Å². The molecule has 7 heteroatoms. The van der Waals surface area contributed by atoms with Crippen molar-refractivity contribution in [3.63, 3.8) is 0 Å². The second-order valence-corrected chi connectivity index (χ2v) is 9.57. The van der Waals surface area contributed by atoms with E-state index in [-0.39, 0.29) is 11.9 Å². The molecule has 158 valence electrons. The van der Waals surface area contributed by atoms with Gasteiger partial charge < -0.3 is 5.32 Å². The van der Waals surface area contributed by atoms with Gasteiger partial charge >= 0.3 is 0 Å². The summed E-state index contributed by atoms with van der Waals surface area (Å²) in [6.07, 6.45) is 2.12. The zero-order valence-electron chi connectivity index (χ0n) is 17.6. The third-order valence-electron chi connectivity index (χ3n) is 5.05. The van der Waals surface area contributed by atoms with E-state index >= 15 is 0 Å². The van der Waals surface area contributed by atoms with E-state index in [9.17, 15) is 13.2 Å². The zero-order valence-corrected chi connectivity index (χ0v) is 19.1. The quantitative estimate of drug-likeness (QED) is 0.648. The number of sulfonamides is 1. The van der Waals surface area contributed by atoms with E-state index in [2.05, 4.69) is 11.4 Å². The summed E-state index contributed by atoms with van der Waals surface area (Å²) >= 11 is 6.06. The Hall–Kier alpha value is -2.05. The molecule has 0 bridgehead atoms. The summed E-state index contributed by atoms with van der Waals surface area (Å²) in [4.78, 5) is 13.2. The van der Waals surface area contributed by atoms with Crippen molar-refractivity contribution >= 4 is 33.2 Å². The maximum Gasteiger partial charge on any atom is 0.244 e. The first-order chi connectivity index (χ1) is 13.6. The highest BCUT2D eigenvalue weighted by Gasteiger charge is 2.32. The second kappa shape index (κ2) is 9.63. The molecule has 0 saturated carbocycles. The van der Waals surface area contributed by atoms with Crippen LogP contribution >= 0.6 is 11.6 Å². The molecule has 2 aromatic rings. The van der Waals surface area contributed by atoms with Crippen LogP contribution in [0.5, 0.6) is 0 Å². The molecule has 2 aromatic carbocycles. The highest BCUT2D eigenvalue weighted by Crippen LogP contribution is 2.26. The van der Waals surface area contributed by atoms with E-state index in [0.717, 1.165) is 21.7 Å². The van der Waals surface area contributed by atoms with Crippen LogP contribution in [-0.2, 0) is 14.8 Å². The zero-order chi connectivity index (χ0) is 21.8. The normalized spacial score (nSPS) is 13.6. The average Bonchev–Trinajstić information content (AvgIpc) is 2.65. The number of amides is 1. The number of carbonyl (C=O) groups excluding carboxylic acids is 1. The topological polar surface area (TPSA) is 66.5 Å². The predicted octanol–water partition coefficient (Wildman–Crippen LogP) is 4.77. The Bertz CT molecular complexity index is 976. The molecule has 0 fully saturated rings. The van der Waals surface area contributed by atoms with Crippen molar-refractivity contribution in [1.82, 2.24) is 5.32 Å². The first-order valence-corrected chi connectivity index (χ1v) is 11.9. The largest absolute Gasteiger partial charge is 0.347 e. The molecule has 0 aromatic heterocycles. The van der Waals surface area contributed by atoms with Gasteiger partial charge in [-0.2, -0.15) is 0 Å². The van der Waals surface area contributed by atoms with Crippen LogP contribution in [0.3, 0.4) is 0 Å². The lowest BCUT2D eigenvalue weighted by atomic mass is 9.99. The number of halogens is 1. The third-order valence-corrected chi connectivity index (χ3v) is 6.47. The summed E-state index contributed by atoms with van der Waals surface area (Å²) in [6.45, 7) is 7.86. The van der Waals surface area contributed by atoms with E-state index in [1.165, 1.54) is 5.56 Å². The molecule has 0 spiro atoms. The fourth-order valence-electron chi connectivity index (χ4n) is 3.34. The van der Waals surface area contributed by atoms with E-state index in [0.29, 0.717) is 23.6 Å². The fourth-order valence-corrected chi connectivity index (χ4v) is 4.73. The van der Waals surface area contributed by atoms with Crippen molar-refractivity contribution in [3.05, 3.63) is 64.2 Å². The Balaban J connectivity index is 2.36. The summed E-state index contributed by atoms with van der Waals surface area (Å²) in [7, 11) is -3.70. The Morgan fingerprint density at radius 1 is 1.07 bits per heavy atom. The maximum absolute atomic E-state index is 13.2. The third kappa shape index (κ3) is 5.73. The smallest absolute Gasteiger partial charge is 0.244 e. The molecule has 0 saturated heterocycles. The molecular weight excluding hydrogens is 408 g/mol. The van der Waals surface area contributed by atoms with Crippen LogP contribution in [-0.4, -0.2) is 26.6 Å². The molecule has 0 unspecified atom stereocenters. The van der Waals surface area contributed by atoms with Gasteiger partial charge in [0.2, 0.25) is 15.9 Å². The van der Waals surface area contributed by atoms with Crippen molar-refractivity contribution in [1.29, 1.82) is 0 Å². The van der Waals surface area contributed by atoms with Gasteiger partial charge in [0, 0.05) is 5.02 Å². The van der Waals surface area contributed by atoms with E-state index in [1.807, 2.05) is 32.9 Å². The van der Waals surface area contributed by atoms with Crippen LogP contribution in [0.15, 0.2) is 42.5 Å². The molecule has 1 N–H and O–H groups in total. The second-order valence-electron chi connectivity index (χ2n) is 7.28. The van der Waals surface area contributed by atoms with Gasteiger partial charge in [-0.3, -0.25) is 9.10 Å². The molecule has 2 rings (SSSR count). The Morgan fingerprint density at radius 3 is 2.28 bits per heavy atom. The SMILES string of the molecule is CC[C@@H](NC(=O)[C@H](CC)N(c1cccc(Cl)c1)S(C)(=O)=O)c1ccc(C)c(C)c1. The molecule has 0 heterocycles. The van der Waals surface area contributed by atoms with E-state index < -0.39 is 16.1 Å². The Labute approximate surface area is 179 Å². The van der Waals surface area contributed by atoms with Crippen molar-refractivity contribution in [2.24, 2.45) is 0 Å². The van der Waals surface area contributed by atoms with Gasteiger partial charge in [-0.15, -0.1) is 0 Å². The van der Waals surface area contributed by atoms with Crippen LogP contribution in [0.4, 0.5) is 5.69 Å². The number of benzene rings is 2. The van der Waals surface area contributed by atoms with Gasteiger partial charge in [-0.05, 0) is 61.6 Å². The molecule has 0 aliphatic carbocycles. The van der Waals surface area contributed by atoms with Crippen LogP contribution in [0, 0.1) is 13.8 Å². The summed E-state index contributed by atoms with van der Waals surface area (Å²) in [5.74, 6) is -0.331. The Morgan fingerprint density at radius 2 is 1.76 bits per heavy atom. The number of hydrogen-bond acceptors (Lipinski definition) is 3. The van der Waals surface area contributed by atoms with Crippen LogP contribution in [0.1, 0.15) is 49.4 Å². The predicted molar refractivity (Wildman–Crippen MR) is 120 cm³/mol. The van der Waals surface area contributed by atoms with Gasteiger partial charge in [0.25, 0.3) is 0 Å². The van der Waals surface area contributed by atoms with Gasteiger partial charge in [0.15, 0.2) is 0 Å². The number of hydrogen-bond donors (Lipinski definition) is 1. The van der Waals surface area contributed by atoms with E-state index in [1.54, 1.807) is 31.2 Å². The first-order valence-electron chi connectivity index (χ1n) is 9.71. The molecular formula is C22H29ClN2O3S. The Kier molecular flexibility index (Phi) is 7.72. The molecule has 0 radical (unpaired) electrons. The highest BCUT2D eigenvalue weighted by atomic mass is 35.5. The van der Waals surface area contributed by atoms with Gasteiger partial charge in [-0.1, -0.05) is 49.7 Å². The molecule has 2 atom stereocenters. The van der Waals surface area contributed by atoms with Gasteiger partial charge in [0.1, 0.15) is 6.04 Å². The molecule has 5 nitrogen and oxygen atoms in total. The number of rotatable bonds is 8. The number of aryl methyl sites for hydroxylation is 2. The van der Waals surface area contributed by atoms with Crippen LogP contribution in [0.2, 0.25) is 5.02 Å². The minimum atomic E-state index is -3.70. The summed E-state index contributed by atoms with van der Waals surface area (Å²) in [6, 6.07) is 11.6. The lowest BCUT2D eigenvalue weighted by Crippen LogP contribution is -2.50. The summed E-state index contributed by atoms with van der Waals surface area (Å²) in [5, 5.41) is 3.45. The minimum Gasteiger partial charge on any atom is -0.347 e. The number of anilines is 1. The summed E-state index contributed by atoms with van der Waals surface area (Å²) < 4.78 is 26.3. The van der Waals surface area contributed by atoms with Crippen molar-refractivity contribution in [2.45, 2.75) is 52.6 Å². The van der Waals surface area contributed by atoms with Gasteiger partial charge in [0.05, 0.1) is 18.0 Å². The number of nitrogens with one attached hydrogen (secondary N) is 1. The maximum atomic E-state index is 13.2. The molecule has 1 amide bonds. The molecule has 0 aliphatic rings. The molecule has 29 heavy (non-hydrogen) atoms. The van der Waals surface area contributed by atoms with Crippen molar-refractivity contribution < 1.29 is 13.2 Å². The first kappa shape index (κ1) is 23.2. The lowest BCUT2D eigenvalue weighted by Gasteiger charge is -2.31. The summed E-state index contributed by atoms with van der Waals surface area (Å²) in [5.41, 5.74) is 3.72. The average molecular weight is 437 g/mol. The standard InChI is InChI=1S/C22H29ClN2O3S/c1-6-20(17-12-11-15(3)16(4)13-17)24-22(26)21(7-2)25(29(5,27)28)19-10-8-9-18(23)14-19/h8-14,20-21H,6-7H2,1-5H3,(H,24,26)/t20-,21+/m1/s1. The van der Waals surface area contributed by atoms with Crippen molar-refractivity contribution in [3.8, 4) is 0 Å². The monoisotopic (exact) mass is 436 g/mol. The van der Waals surface area contributed by atoms with Crippen LogP contribution < -0.4 is 9.62 Å². The fraction of sp³-hybridized carbons (Fsp3) is 0.409. The number of carbonyl (C=O) groups is 1.